The average Bonchev–Trinajstić information content (AvgIpc) is 1.92. The Morgan fingerprint density at radius 1 is 1.42 bits per heavy atom. The first-order valence-electron chi connectivity index (χ1n) is 3.73. The molecular weight excluding hydrogens is 177 g/mol. The van der Waals surface area contributed by atoms with Gasteiger partial charge in [-0.05, 0) is 11.5 Å². The molecule has 0 aromatic carbocycles. The molecule has 0 aliphatic heterocycles. The Bertz CT molecular complexity index is 291. The summed E-state index contributed by atoms with van der Waals surface area (Å²) in [7, 11) is 0. The van der Waals surface area contributed by atoms with Crippen LogP contribution in [0.4, 0.5) is 4.39 Å². The molecule has 1 aromatic heterocycles. The standard InChI is InChI=1S/C9H11ClFN/c1-9(2,3)7-4-6(10)5-12-8(7)11/h4-5H,1-3H3. The zero-order valence-corrected chi connectivity index (χ0v) is 8.11. The Labute approximate surface area is 76.6 Å². The summed E-state index contributed by atoms with van der Waals surface area (Å²) in [5.74, 6) is -0.438. The summed E-state index contributed by atoms with van der Waals surface area (Å²) in [5, 5.41) is 0.473. The molecule has 0 unspecified atom stereocenters. The van der Waals surface area contributed by atoms with Gasteiger partial charge < -0.3 is 0 Å². The fourth-order valence-electron chi connectivity index (χ4n) is 0.949. The maximum Gasteiger partial charge on any atom is 0.216 e. The van der Waals surface area contributed by atoms with E-state index in [1.165, 1.54) is 6.20 Å². The second-order valence-electron chi connectivity index (χ2n) is 3.74. The van der Waals surface area contributed by atoms with Gasteiger partial charge in [0.25, 0.3) is 0 Å². The first kappa shape index (κ1) is 9.46. The van der Waals surface area contributed by atoms with Gasteiger partial charge in [0.15, 0.2) is 0 Å². The minimum atomic E-state index is -0.438. The van der Waals surface area contributed by atoms with Crippen molar-refractivity contribution in [1.82, 2.24) is 4.98 Å². The Morgan fingerprint density at radius 3 is 2.42 bits per heavy atom. The lowest BCUT2D eigenvalue weighted by Gasteiger charge is -2.18. The molecule has 0 aliphatic rings. The van der Waals surface area contributed by atoms with E-state index in [1.54, 1.807) is 6.07 Å². The number of hydrogen-bond acceptors (Lipinski definition) is 1. The molecule has 0 atom stereocenters. The highest BCUT2D eigenvalue weighted by Crippen LogP contribution is 2.25. The molecule has 1 nitrogen and oxygen atoms in total. The first-order chi connectivity index (χ1) is 5.41. The second kappa shape index (κ2) is 3.02. The summed E-state index contributed by atoms with van der Waals surface area (Å²) >= 11 is 5.69. The number of hydrogen-bond donors (Lipinski definition) is 0. The molecule has 0 saturated heterocycles. The second-order valence-corrected chi connectivity index (χ2v) is 4.18. The van der Waals surface area contributed by atoms with Crippen molar-refractivity contribution >= 4 is 11.6 Å². The molecule has 0 fully saturated rings. The van der Waals surface area contributed by atoms with Crippen molar-refractivity contribution < 1.29 is 4.39 Å². The quantitative estimate of drug-likeness (QED) is 0.569. The number of halogens is 2. The third-order valence-corrected chi connectivity index (χ3v) is 1.82. The van der Waals surface area contributed by atoms with Gasteiger partial charge in [-0.25, -0.2) is 4.98 Å². The molecule has 0 radical (unpaired) electrons. The Hall–Kier alpha value is -0.630. The SMILES string of the molecule is CC(C)(C)c1cc(Cl)cnc1F. The fraction of sp³-hybridized carbons (Fsp3) is 0.444. The van der Waals surface area contributed by atoms with Crippen LogP contribution in [0.2, 0.25) is 5.02 Å². The average molecular weight is 188 g/mol. The van der Waals surface area contributed by atoms with Crippen LogP contribution in [-0.4, -0.2) is 4.98 Å². The lowest BCUT2D eigenvalue weighted by molar-refractivity contribution is 0.499. The van der Waals surface area contributed by atoms with Crippen LogP contribution >= 0.6 is 11.6 Å². The van der Waals surface area contributed by atoms with Gasteiger partial charge in [0.1, 0.15) is 0 Å². The van der Waals surface area contributed by atoms with Crippen molar-refractivity contribution in [2.75, 3.05) is 0 Å². The molecule has 12 heavy (non-hydrogen) atoms. The highest BCUT2D eigenvalue weighted by atomic mass is 35.5. The number of nitrogens with zero attached hydrogens (tertiary/aromatic N) is 1. The maximum absolute atomic E-state index is 13.1. The van der Waals surface area contributed by atoms with Crippen molar-refractivity contribution in [3.63, 3.8) is 0 Å². The smallest absolute Gasteiger partial charge is 0.216 e. The minimum absolute atomic E-state index is 0.248. The summed E-state index contributed by atoms with van der Waals surface area (Å²) < 4.78 is 13.1. The van der Waals surface area contributed by atoms with Gasteiger partial charge >= 0.3 is 0 Å². The molecule has 0 N–H and O–H groups in total. The van der Waals surface area contributed by atoms with E-state index in [0.717, 1.165) is 0 Å². The van der Waals surface area contributed by atoms with Crippen LogP contribution in [-0.2, 0) is 5.41 Å². The molecule has 0 bridgehead atoms. The summed E-state index contributed by atoms with van der Waals surface area (Å²) in [4.78, 5) is 3.55. The van der Waals surface area contributed by atoms with E-state index in [2.05, 4.69) is 4.98 Å². The number of rotatable bonds is 0. The van der Waals surface area contributed by atoms with Crippen LogP contribution < -0.4 is 0 Å². The zero-order chi connectivity index (χ0) is 9.35. The van der Waals surface area contributed by atoms with Gasteiger partial charge in [-0.15, -0.1) is 0 Å². The molecule has 0 spiro atoms. The van der Waals surface area contributed by atoms with Crippen LogP contribution in [0.25, 0.3) is 0 Å². The molecule has 3 heteroatoms. The van der Waals surface area contributed by atoms with Crippen molar-refractivity contribution in [1.29, 1.82) is 0 Å². The number of aromatic nitrogens is 1. The molecule has 0 amide bonds. The van der Waals surface area contributed by atoms with E-state index in [-0.39, 0.29) is 5.41 Å². The minimum Gasteiger partial charge on any atom is -0.227 e. The predicted molar refractivity (Wildman–Crippen MR) is 47.9 cm³/mol. The van der Waals surface area contributed by atoms with E-state index < -0.39 is 5.95 Å². The Kier molecular flexibility index (Phi) is 2.38. The lowest BCUT2D eigenvalue weighted by Crippen LogP contribution is -2.14. The summed E-state index contributed by atoms with van der Waals surface area (Å²) in [6, 6.07) is 1.61. The summed E-state index contributed by atoms with van der Waals surface area (Å²) in [5.41, 5.74) is 0.303. The zero-order valence-electron chi connectivity index (χ0n) is 7.36. The topological polar surface area (TPSA) is 12.9 Å². The van der Waals surface area contributed by atoms with Gasteiger partial charge in [-0.1, -0.05) is 32.4 Å². The van der Waals surface area contributed by atoms with Crippen LogP contribution in [0.15, 0.2) is 12.3 Å². The van der Waals surface area contributed by atoms with Gasteiger partial charge in [0, 0.05) is 11.8 Å². The van der Waals surface area contributed by atoms with E-state index in [1.807, 2.05) is 20.8 Å². The molecule has 1 rings (SSSR count). The fourth-order valence-corrected chi connectivity index (χ4v) is 1.11. The molecule has 66 valence electrons. The number of pyridine rings is 1. The summed E-state index contributed by atoms with van der Waals surface area (Å²) in [6.07, 6.45) is 1.31. The van der Waals surface area contributed by atoms with Crippen molar-refractivity contribution in [3.8, 4) is 0 Å². The molecule has 0 saturated carbocycles. The van der Waals surface area contributed by atoms with E-state index >= 15 is 0 Å². The van der Waals surface area contributed by atoms with Gasteiger partial charge in [0.2, 0.25) is 5.95 Å². The predicted octanol–water partition coefficient (Wildman–Crippen LogP) is 3.17. The summed E-state index contributed by atoms with van der Waals surface area (Å²) in [6.45, 7) is 5.76. The molecule has 1 heterocycles. The largest absolute Gasteiger partial charge is 0.227 e. The van der Waals surface area contributed by atoms with E-state index in [9.17, 15) is 4.39 Å². The monoisotopic (exact) mass is 187 g/mol. The van der Waals surface area contributed by atoms with Gasteiger partial charge in [-0.2, -0.15) is 4.39 Å². The highest BCUT2D eigenvalue weighted by molar-refractivity contribution is 6.30. The lowest BCUT2D eigenvalue weighted by atomic mass is 9.88. The van der Waals surface area contributed by atoms with Gasteiger partial charge in [0.05, 0.1) is 5.02 Å². The molecule has 1 aromatic rings. The maximum atomic E-state index is 13.1. The Morgan fingerprint density at radius 2 is 2.00 bits per heavy atom. The van der Waals surface area contributed by atoms with Gasteiger partial charge in [-0.3, -0.25) is 0 Å². The van der Waals surface area contributed by atoms with Crippen LogP contribution in [0.5, 0.6) is 0 Å². The third-order valence-electron chi connectivity index (χ3n) is 1.61. The molecular formula is C9H11ClFN. The van der Waals surface area contributed by atoms with Crippen molar-refractivity contribution in [2.24, 2.45) is 0 Å². The third kappa shape index (κ3) is 1.95. The normalized spacial score (nSPS) is 11.8. The van der Waals surface area contributed by atoms with Crippen molar-refractivity contribution in [2.45, 2.75) is 26.2 Å². The highest BCUT2D eigenvalue weighted by Gasteiger charge is 2.19. The van der Waals surface area contributed by atoms with E-state index in [4.69, 9.17) is 11.6 Å². The van der Waals surface area contributed by atoms with Crippen LogP contribution in [0.1, 0.15) is 26.3 Å². The van der Waals surface area contributed by atoms with Crippen molar-refractivity contribution in [3.05, 3.63) is 28.8 Å². The van der Waals surface area contributed by atoms with E-state index in [0.29, 0.717) is 10.6 Å². The first-order valence-corrected chi connectivity index (χ1v) is 4.10. The van der Waals surface area contributed by atoms with Crippen LogP contribution in [0.3, 0.4) is 0 Å². The van der Waals surface area contributed by atoms with Crippen LogP contribution in [0, 0.1) is 5.95 Å². The Balaban J connectivity index is 3.23. The molecule has 0 aliphatic carbocycles.